The maximum absolute atomic E-state index is 13.1. The molecule has 31 heavy (non-hydrogen) atoms. The van der Waals surface area contributed by atoms with Crippen molar-refractivity contribution >= 4 is 34.7 Å². The molecule has 0 saturated carbocycles. The Morgan fingerprint density at radius 2 is 1.74 bits per heavy atom. The van der Waals surface area contributed by atoms with Crippen LogP contribution in [-0.2, 0) is 9.59 Å². The first kappa shape index (κ1) is 20.6. The SMILES string of the molecule is COc1ccc(Cl)cc1/C(O)=C1\C(=O)C(=O)N(c2ccc(C)cc2)C1c1ccncc1. The molecule has 1 atom stereocenters. The number of Topliss-reactive ketones (excluding diaryl/α,β-unsaturated/α-hetero) is 1. The van der Waals surface area contributed by atoms with Gasteiger partial charge in [0, 0.05) is 23.1 Å². The molecule has 1 aromatic heterocycles. The number of aryl methyl sites for hydroxylation is 1. The van der Waals surface area contributed by atoms with Crippen molar-refractivity contribution in [2.45, 2.75) is 13.0 Å². The number of ketones is 1. The Balaban J connectivity index is 1.97. The Morgan fingerprint density at radius 3 is 2.39 bits per heavy atom. The van der Waals surface area contributed by atoms with Crippen LogP contribution in [0.15, 0.2) is 72.6 Å². The maximum Gasteiger partial charge on any atom is 0.300 e. The van der Waals surface area contributed by atoms with E-state index in [2.05, 4.69) is 4.98 Å². The minimum absolute atomic E-state index is 0.0441. The minimum atomic E-state index is -0.839. The molecule has 0 aliphatic carbocycles. The van der Waals surface area contributed by atoms with Crippen molar-refractivity contribution in [2.24, 2.45) is 0 Å². The van der Waals surface area contributed by atoms with Crippen LogP contribution in [0.5, 0.6) is 5.75 Å². The minimum Gasteiger partial charge on any atom is -0.507 e. The maximum atomic E-state index is 13.1. The van der Waals surface area contributed by atoms with E-state index in [0.29, 0.717) is 22.0 Å². The second-order valence-corrected chi connectivity index (χ2v) is 7.57. The second-order valence-electron chi connectivity index (χ2n) is 7.13. The first-order chi connectivity index (χ1) is 14.9. The number of rotatable bonds is 4. The van der Waals surface area contributed by atoms with E-state index in [-0.39, 0.29) is 16.9 Å². The van der Waals surface area contributed by atoms with Gasteiger partial charge in [0.1, 0.15) is 11.5 Å². The molecule has 0 bridgehead atoms. The fraction of sp³-hybridized carbons (Fsp3) is 0.125. The lowest BCUT2D eigenvalue weighted by atomic mass is 9.95. The number of benzene rings is 2. The molecule has 3 aromatic rings. The summed E-state index contributed by atoms with van der Waals surface area (Å²) in [5, 5.41) is 11.6. The molecule has 4 rings (SSSR count). The average Bonchev–Trinajstić information content (AvgIpc) is 3.05. The summed E-state index contributed by atoms with van der Waals surface area (Å²) < 4.78 is 5.34. The summed E-state index contributed by atoms with van der Waals surface area (Å²) in [4.78, 5) is 31.7. The Kier molecular flexibility index (Phi) is 5.48. The van der Waals surface area contributed by atoms with Crippen molar-refractivity contribution in [1.82, 2.24) is 4.98 Å². The fourth-order valence-corrected chi connectivity index (χ4v) is 3.85. The molecule has 6 nitrogen and oxygen atoms in total. The van der Waals surface area contributed by atoms with Gasteiger partial charge < -0.3 is 9.84 Å². The summed E-state index contributed by atoms with van der Waals surface area (Å²) in [5.74, 6) is -1.54. The number of carbonyl (C=O) groups is 2. The van der Waals surface area contributed by atoms with Crippen molar-refractivity contribution in [3.05, 3.63) is 94.3 Å². The van der Waals surface area contributed by atoms with E-state index in [1.54, 1.807) is 48.8 Å². The van der Waals surface area contributed by atoms with Gasteiger partial charge in [0.15, 0.2) is 0 Å². The van der Waals surface area contributed by atoms with E-state index < -0.39 is 17.7 Å². The summed E-state index contributed by atoms with van der Waals surface area (Å²) in [7, 11) is 1.45. The zero-order chi connectivity index (χ0) is 22.1. The second kappa shape index (κ2) is 8.24. The number of aromatic nitrogens is 1. The van der Waals surface area contributed by atoms with Crippen LogP contribution in [0, 0.1) is 6.92 Å². The molecule has 2 aromatic carbocycles. The van der Waals surface area contributed by atoms with Gasteiger partial charge in [-0.1, -0.05) is 29.3 Å². The highest BCUT2D eigenvalue weighted by Crippen LogP contribution is 2.43. The summed E-state index contributed by atoms with van der Waals surface area (Å²) in [6.07, 6.45) is 3.15. The Morgan fingerprint density at radius 1 is 1.06 bits per heavy atom. The van der Waals surface area contributed by atoms with E-state index in [4.69, 9.17) is 16.3 Å². The van der Waals surface area contributed by atoms with Gasteiger partial charge in [0.2, 0.25) is 0 Å². The lowest BCUT2D eigenvalue weighted by Crippen LogP contribution is -2.29. The van der Waals surface area contributed by atoms with E-state index in [0.717, 1.165) is 5.56 Å². The number of hydrogen-bond acceptors (Lipinski definition) is 5. The Bertz CT molecular complexity index is 1190. The lowest BCUT2D eigenvalue weighted by Gasteiger charge is -2.25. The van der Waals surface area contributed by atoms with Gasteiger partial charge in [-0.3, -0.25) is 19.5 Å². The van der Waals surface area contributed by atoms with Crippen LogP contribution in [-0.4, -0.2) is 28.9 Å². The van der Waals surface area contributed by atoms with E-state index >= 15 is 0 Å². The van der Waals surface area contributed by atoms with Crippen LogP contribution in [0.3, 0.4) is 0 Å². The summed E-state index contributed by atoms with van der Waals surface area (Å²) in [6.45, 7) is 1.93. The largest absolute Gasteiger partial charge is 0.507 e. The third kappa shape index (κ3) is 3.66. The topological polar surface area (TPSA) is 79.7 Å². The van der Waals surface area contributed by atoms with Crippen LogP contribution >= 0.6 is 11.6 Å². The molecule has 156 valence electrons. The van der Waals surface area contributed by atoms with Crippen molar-refractivity contribution in [3.63, 3.8) is 0 Å². The molecule has 0 spiro atoms. The van der Waals surface area contributed by atoms with Crippen LogP contribution in [0.4, 0.5) is 5.69 Å². The molecule has 1 fully saturated rings. The van der Waals surface area contributed by atoms with Crippen molar-refractivity contribution in [2.75, 3.05) is 12.0 Å². The Hall–Kier alpha value is -3.64. The number of aliphatic hydroxyl groups is 1. The molecule has 1 saturated heterocycles. The van der Waals surface area contributed by atoms with E-state index in [1.165, 1.54) is 18.1 Å². The third-order valence-electron chi connectivity index (χ3n) is 5.20. The first-order valence-corrected chi connectivity index (χ1v) is 9.91. The predicted molar refractivity (Wildman–Crippen MR) is 118 cm³/mol. The van der Waals surface area contributed by atoms with Gasteiger partial charge in [-0.05, 0) is 55.0 Å². The monoisotopic (exact) mass is 434 g/mol. The van der Waals surface area contributed by atoms with Crippen molar-refractivity contribution in [1.29, 1.82) is 0 Å². The number of anilines is 1. The van der Waals surface area contributed by atoms with Gasteiger partial charge in [-0.25, -0.2) is 0 Å². The van der Waals surface area contributed by atoms with E-state index in [9.17, 15) is 14.7 Å². The van der Waals surface area contributed by atoms with Gasteiger partial charge in [0.05, 0.1) is 24.3 Å². The fourth-order valence-electron chi connectivity index (χ4n) is 3.68. The normalized spacial score (nSPS) is 17.8. The number of methoxy groups -OCH3 is 1. The quantitative estimate of drug-likeness (QED) is 0.366. The van der Waals surface area contributed by atoms with Crippen LogP contribution in [0.1, 0.15) is 22.7 Å². The number of aliphatic hydroxyl groups excluding tert-OH is 1. The van der Waals surface area contributed by atoms with Crippen LogP contribution in [0.25, 0.3) is 5.76 Å². The number of amides is 1. The Labute approximate surface area is 184 Å². The number of ether oxygens (including phenoxy) is 1. The van der Waals surface area contributed by atoms with Gasteiger partial charge >= 0.3 is 0 Å². The van der Waals surface area contributed by atoms with Gasteiger partial charge in [-0.2, -0.15) is 0 Å². The molecule has 1 aliphatic heterocycles. The predicted octanol–water partition coefficient (Wildman–Crippen LogP) is 4.68. The highest BCUT2D eigenvalue weighted by Gasteiger charge is 2.47. The molecule has 1 aliphatic rings. The molecule has 1 unspecified atom stereocenters. The molecule has 1 N–H and O–H groups in total. The summed E-state index contributed by atoms with van der Waals surface area (Å²) in [5.41, 5.74) is 2.39. The molecule has 2 heterocycles. The highest BCUT2D eigenvalue weighted by atomic mass is 35.5. The molecule has 0 radical (unpaired) electrons. The lowest BCUT2D eigenvalue weighted by molar-refractivity contribution is -0.132. The van der Waals surface area contributed by atoms with Crippen LogP contribution < -0.4 is 9.64 Å². The van der Waals surface area contributed by atoms with E-state index in [1.807, 2.05) is 19.1 Å². The highest BCUT2D eigenvalue weighted by molar-refractivity contribution is 6.51. The zero-order valence-corrected chi connectivity index (χ0v) is 17.6. The number of pyridine rings is 1. The van der Waals surface area contributed by atoms with Crippen molar-refractivity contribution in [3.8, 4) is 5.75 Å². The van der Waals surface area contributed by atoms with Gasteiger partial charge in [0.25, 0.3) is 11.7 Å². The first-order valence-electron chi connectivity index (χ1n) is 9.54. The van der Waals surface area contributed by atoms with Crippen LogP contribution in [0.2, 0.25) is 5.02 Å². The third-order valence-corrected chi connectivity index (χ3v) is 5.43. The molecular weight excluding hydrogens is 416 g/mol. The summed E-state index contributed by atoms with van der Waals surface area (Å²) >= 11 is 6.12. The molecular formula is C24H19ClN2O4. The number of halogens is 1. The number of hydrogen-bond donors (Lipinski definition) is 1. The number of nitrogens with zero attached hydrogens (tertiary/aromatic N) is 2. The number of carbonyl (C=O) groups excluding carboxylic acids is 2. The molecule has 1 amide bonds. The average molecular weight is 435 g/mol. The standard InChI is InChI=1S/C24H19ClN2O4/c1-14-3-6-17(7-4-14)27-21(15-9-11-26-12-10-15)20(23(29)24(27)30)22(28)18-13-16(25)5-8-19(18)31-2/h3-13,21,28H,1-2H3/b22-20+. The van der Waals surface area contributed by atoms with Gasteiger partial charge in [-0.15, -0.1) is 0 Å². The summed E-state index contributed by atoms with van der Waals surface area (Å²) in [6, 6.07) is 14.5. The smallest absolute Gasteiger partial charge is 0.300 e. The van der Waals surface area contributed by atoms with Crippen molar-refractivity contribution < 1.29 is 19.4 Å². The zero-order valence-electron chi connectivity index (χ0n) is 16.9. The molecule has 7 heteroatoms.